The Bertz CT molecular complexity index is 2070. The van der Waals surface area contributed by atoms with Crippen LogP contribution in [0.1, 0.15) is 25.0 Å². The fraction of sp³-hybridized carbons (Fsp3) is 0.0769. The highest BCUT2D eigenvalue weighted by Gasteiger charge is 2.36. The first kappa shape index (κ1) is 23.8. The van der Waals surface area contributed by atoms with Crippen LogP contribution in [0.5, 0.6) is 0 Å². The summed E-state index contributed by atoms with van der Waals surface area (Å²) in [4.78, 5) is 2.37. The Balaban J connectivity index is 1.34. The van der Waals surface area contributed by atoms with Gasteiger partial charge >= 0.3 is 0 Å². The Morgan fingerprint density at radius 3 is 2.07 bits per heavy atom. The molecule has 2 heteroatoms. The molecule has 0 saturated heterocycles. The van der Waals surface area contributed by atoms with E-state index in [9.17, 15) is 0 Å². The molecule has 6 aromatic carbocycles. The number of furan rings is 1. The molecule has 0 unspecified atom stereocenters. The van der Waals surface area contributed by atoms with Gasteiger partial charge in [-0.3, -0.25) is 0 Å². The quantitative estimate of drug-likeness (QED) is 0.226. The number of nitrogens with zero attached hydrogens (tertiary/aromatic N) is 1. The standard InChI is InChI=1S/C39H29NO/c1-39(2)33-23-20-27(26-12-5-3-6-13-26)24-32(33)30-22-21-29(25-34(30)39)40(28-14-7-4-8-15-28)35-17-11-19-37-38(35)31-16-9-10-18-36(31)41-37/h3-25H,1-2H3. The van der Waals surface area contributed by atoms with Crippen LogP contribution in [0.25, 0.3) is 44.2 Å². The molecule has 41 heavy (non-hydrogen) atoms. The fourth-order valence-electron chi connectivity index (χ4n) is 6.64. The van der Waals surface area contributed by atoms with Gasteiger partial charge in [-0.25, -0.2) is 0 Å². The molecular weight excluding hydrogens is 498 g/mol. The summed E-state index contributed by atoms with van der Waals surface area (Å²) < 4.78 is 6.29. The summed E-state index contributed by atoms with van der Waals surface area (Å²) in [5, 5.41) is 2.25. The molecule has 0 fully saturated rings. The van der Waals surface area contributed by atoms with Crippen molar-refractivity contribution in [3.05, 3.63) is 151 Å². The molecule has 1 aliphatic carbocycles. The predicted molar refractivity (Wildman–Crippen MR) is 171 cm³/mol. The van der Waals surface area contributed by atoms with Crippen LogP contribution in [0.15, 0.2) is 144 Å². The SMILES string of the molecule is CC1(C)c2ccc(-c3ccccc3)cc2-c2ccc(N(c3ccccc3)c3cccc4oc5ccccc5c34)cc21. The van der Waals surface area contributed by atoms with Crippen molar-refractivity contribution >= 4 is 39.0 Å². The lowest BCUT2D eigenvalue weighted by molar-refractivity contribution is 0.660. The summed E-state index contributed by atoms with van der Waals surface area (Å²) in [5.74, 6) is 0. The van der Waals surface area contributed by atoms with Crippen molar-refractivity contribution in [1.29, 1.82) is 0 Å². The van der Waals surface area contributed by atoms with Gasteiger partial charge in [0.15, 0.2) is 0 Å². The monoisotopic (exact) mass is 527 g/mol. The Kier molecular flexibility index (Phi) is 5.20. The molecule has 0 aliphatic heterocycles. The number of hydrogen-bond donors (Lipinski definition) is 0. The van der Waals surface area contributed by atoms with E-state index >= 15 is 0 Å². The maximum Gasteiger partial charge on any atom is 0.137 e. The normalized spacial score (nSPS) is 13.3. The van der Waals surface area contributed by atoms with Gasteiger partial charge in [-0.15, -0.1) is 0 Å². The van der Waals surface area contributed by atoms with Crippen LogP contribution >= 0.6 is 0 Å². The van der Waals surface area contributed by atoms with Gasteiger partial charge in [0.2, 0.25) is 0 Å². The maximum absolute atomic E-state index is 6.29. The Morgan fingerprint density at radius 1 is 0.512 bits per heavy atom. The van der Waals surface area contributed by atoms with Crippen LogP contribution in [-0.2, 0) is 5.41 Å². The largest absolute Gasteiger partial charge is 0.456 e. The van der Waals surface area contributed by atoms with Crippen molar-refractivity contribution in [2.45, 2.75) is 19.3 Å². The highest BCUT2D eigenvalue weighted by molar-refractivity contribution is 6.13. The van der Waals surface area contributed by atoms with Gasteiger partial charge in [0.1, 0.15) is 11.2 Å². The minimum Gasteiger partial charge on any atom is -0.456 e. The summed E-state index contributed by atoms with van der Waals surface area (Å²) in [6.07, 6.45) is 0. The first-order valence-electron chi connectivity index (χ1n) is 14.2. The van der Waals surface area contributed by atoms with E-state index in [1.807, 2.05) is 12.1 Å². The van der Waals surface area contributed by atoms with E-state index in [0.29, 0.717) is 0 Å². The molecular formula is C39H29NO. The number of benzene rings is 6. The lowest BCUT2D eigenvalue weighted by Gasteiger charge is -2.28. The average molecular weight is 528 g/mol. The molecule has 0 spiro atoms. The Labute approximate surface area is 240 Å². The third-order valence-corrected chi connectivity index (χ3v) is 8.66. The van der Waals surface area contributed by atoms with Crippen molar-refractivity contribution < 1.29 is 4.42 Å². The van der Waals surface area contributed by atoms with Crippen LogP contribution in [0.3, 0.4) is 0 Å². The van der Waals surface area contributed by atoms with Crippen molar-refractivity contribution in [1.82, 2.24) is 0 Å². The Hall–Kier alpha value is -5.08. The lowest BCUT2D eigenvalue weighted by atomic mass is 9.82. The van der Waals surface area contributed by atoms with Crippen LogP contribution in [0.4, 0.5) is 17.1 Å². The first-order valence-corrected chi connectivity index (χ1v) is 14.2. The molecule has 1 aromatic heterocycles. The number of fused-ring (bicyclic) bond motifs is 6. The molecule has 2 nitrogen and oxygen atoms in total. The van der Waals surface area contributed by atoms with E-state index in [-0.39, 0.29) is 5.41 Å². The zero-order valence-electron chi connectivity index (χ0n) is 23.1. The first-order chi connectivity index (χ1) is 20.1. The smallest absolute Gasteiger partial charge is 0.137 e. The Morgan fingerprint density at radius 2 is 1.24 bits per heavy atom. The van der Waals surface area contributed by atoms with E-state index < -0.39 is 0 Å². The van der Waals surface area contributed by atoms with Crippen LogP contribution in [0.2, 0.25) is 0 Å². The minimum atomic E-state index is -0.118. The molecule has 8 rings (SSSR count). The van der Waals surface area contributed by atoms with E-state index in [4.69, 9.17) is 4.42 Å². The van der Waals surface area contributed by atoms with Crippen LogP contribution < -0.4 is 4.90 Å². The molecule has 7 aromatic rings. The molecule has 0 N–H and O–H groups in total. The van der Waals surface area contributed by atoms with Gasteiger partial charge in [0, 0.05) is 22.2 Å². The molecule has 1 aliphatic rings. The zero-order valence-corrected chi connectivity index (χ0v) is 23.1. The van der Waals surface area contributed by atoms with E-state index in [1.165, 1.54) is 33.4 Å². The van der Waals surface area contributed by atoms with Crippen molar-refractivity contribution in [2.24, 2.45) is 0 Å². The second-order valence-electron chi connectivity index (χ2n) is 11.4. The number of hydrogen-bond acceptors (Lipinski definition) is 2. The highest BCUT2D eigenvalue weighted by atomic mass is 16.3. The molecule has 0 atom stereocenters. The second kappa shape index (κ2) is 8.97. The fourth-order valence-corrected chi connectivity index (χ4v) is 6.64. The van der Waals surface area contributed by atoms with Gasteiger partial charge in [-0.2, -0.15) is 0 Å². The lowest BCUT2D eigenvalue weighted by Crippen LogP contribution is -2.16. The zero-order chi connectivity index (χ0) is 27.6. The molecule has 1 heterocycles. The molecule has 0 radical (unpaired) electrons. The number of anilines is 3. The third kappa shape index (κ3) is 3.64. The molecule has 0 bridgehead atoms. The molecule has 0 saturated carbocycles. The van der Waals surface area contributed by atoms with E-state index in [0.717, 1.165) is 39.0 Å². The van der Waals surface area contributed by atoms with Gasteiger partial charge in [0.25, 0.3) is 0 Å². The molecule has 196 valence electrons. The minimum absolute atomic E-state index is 0.118. The van der Waals surface area contributed by atoms with Crippen molar-refractivity contribution in [3.63, 3.8) is 0 Å². The van der Waals surface area contributed by atoms with Crippen molar-refractivity contribution in [3.8, 4) is 22.3 Å². The second-order valence-corrected chi connectivity index (χ2v) is 11.4. The summed E-state index contributed by atoms with van der Waals surface area (Å²) in [6.45, 7) is 4.70. The van der Waals surface area contributed by atoms with Gasteiger partial charge < -0.3 is 9.32 Å². The topological polar surface area (TPSA) is 16.4 Å². The van der Waals surface area contributed by atoms with Gasteiger partial charge in [0.05, 0.1) is 11.1 Å². The summed E-state index contributed by atoms with van der Waals surface area (Å²) >= 11 is 0. The third-order valence-electron chi connectivity index (χ3n) is 8.66. The van der Waals surface area contributed by atoms with E-state index in [2.05, 4.69) is 146 Å². The number of para-hydroxylation sites is 2. The van der Waals surface area contributed by atoms with Gasteiger partial charge in [-0.1, -0.05) is 105 Å². The average Bonchev–Trinajstić information content (AvgIpc) is 3.51. The molecule has 0 amide bonds. The van der Waals surface area contributed by atoms with Crippen molar-refractivity contribution in [2.75, 3.05) is 4.90 Å². The van der Waals surface area contributed by atoms with E-state index in [1.54, 1.807) is 0 Å². The van der Waals surface area contributed by atoms with Gasteiger partial charge in [-0.05, 0) is 81.9 Å². The summed E-state index contributed by atoms with van der Waals surface area (Å²) in [7, 11) is 0. The van der Waals surface area contributed by atoms with Crippen LogP contribution in [0, 0.1) is 0 Å². The maximum atomic E-state index is 6.29. The predicted octanol–water partition coefficient (Wildman–Crippen LogP) is 11.0. The number of rotatable bonds is 4. The summed E-state index contributed by atoms with van der Waals surface area (Å²) in [5.41, 5.74) is 12.9. The summed E-state index contributed by atoms with van der Waals surface area (Å²) in [6, 6.07) is 49.9. The van der Waals surface area contributed by atoms with Crippen LogP contribution in [-0.4, -0.2) is 0 Å². The highest BCUT2D eigenvalue weighted by Crippen LogP contribution is 2.52.